The number of aromatic nitrogens is 5. The molecule has 1 aliphatic heterocycles. The molecule has 2 aromatic heterocycles. The lowest BCUT2D eigenvalue weighted by Gasteiger charge is -2.32. The molecular weight excluding hydrogens is 428 g/mol. The van der Waals surface area contributed by atoms with E-state index in [4.69, 9.17) is 16.1 Å². The van der Waals surface area contributed by atoms with Gasteiger partial charge in [0.2, 0.25) is 11.7 Å². The van der Waals surface area contributed by atoms with Gasteiger partial charge in [0, 0.05) is 23.7 Å². The maximum Gasteiger partial charge on any atom is 0.280 e. The van der Waals surface area contributed by atoms with E-state index in [0.717, 1.165) is 24.0 Å². The number of amides is 1. The molecule has 3 heterocycles. The minimum absolute atomic E-state index is 0.115. The first kappa shape index (κ1) is 20.4. The molecule has 162 valence electrons. The molecule has 8 nitrogen and oxygen atoms in total. The number of carbonyl (C=O) groups is 1. The Balaban J connectivity index is 1.20. The molecule has 5 rings (SSSR count). The Bertz CT molecular complexity index is 1210. The molecule has 1 amide bonds. The monoisotopic (exact) mass is 448 g/mol. The van der Waals surface area contributed by atoms with Crippen molar-refractivity contribution in [3.63, 3.8) is 0 Å². The van der Waals surface area contributed by atoms with Crippen LogP contribution in [0.1, 0.15) is 24.4 Å². The maximum atomic E-state index is 12.7. The average Bonchev–Trinajstić information content (AvgIpc) is 3.50. The van der Waals surface area contributed by atoms with E-state index in [2.05, 4.69) is 20.5 Å². The summed E-state index contributed by atoms with van der Waals surface area (Å²) in [5, 5.41) is 13.2. The molecule has 0 aliphatic carbocycles. The molecule has 0 atom stereocenters. The van der Waals surface area contributed by atoms with Gasteiger partial charge in [-0.1, -0.05) is 64.4 Å². The number of nitrogens with zero attached hydrogens (tertiary/aromatic N) is 6. The van der Waals surface area contributed by atoms with Gasteiger partial charge in [-0.3, -0.25) is 4.79 Å². The highest BCUT2D eigenvalue weighted by Gasteiger charge is 2.25. The van der Waals surface area contributed by atoms with Crippen LogP contribution in [0, 0.1) is 0 Å². The van der Waals surface area contributed by atoms with E-state index in [1.54, 1.807) is 0 Å². The zero-order valence-corrected chi connectivity index (χ0v) is 18.0. The standard InChI is InChI=1S/C23H21ClN6O2/c24-18-8-4-5-16(13-18)14-21(31)29-11-9-19(10-12-29)30-15-20(26-28-30)23-25-22(27-32-23)17-6-2-1-3-7-17/h1-8,13,15,19H,9-12,14H2. The molecule has 0 spiro atoms. The van der Waals surface area contributed by atoms with Crippen molar-refractivity contribution in [1.82, 2.24) is 30.0 Å². The van der Waals surface area contributed by atoms with Crippen LogP contribution in [0.15, 0.2) is 65.3 Å². The minimum atomic E-state index is 0.115. The second-order valence-corrected chi connectivity index (χ2v) is 8.23. The van der Waals surface area contributed by atoms with Crippen LogP contribution in [0.2, 0.25) is 5.02 Å². The average molecular weight is 449 g/mol. The van der Waals surface area contributed by atoms with E-state index in [0.29, 0.717) is 41.9 Å². The summed E-state index contributed by atoms with van der Waals surface area (Å²) in [6.45, 7) is 1.36. The normalized spacial score (nSPS) is 14.6. The van der Waals surface area contributed by atoms with Gasteiger partial charge >= 0.3 is 0 Å². The second-order valence-electron chi connectivity index (χ2n) is 7.79. The highest BCUT2D eigenvalue weighted by molar-refractivity contribution is 6.30. The molecule has 1 aliphatic rings. The van der Waals surface area contributed by atoms with Crippen LogP contribution in [-0.4, -0.2) is 49.0 Å². The summed E-state index contributed by atoms with van der Waals surface area (Å²) >= 11 is 6.02. The molecule has 32 heavy (non-hydrogen) atoms. The van der Waals surface area contributed by atoms with Crippen LogP contribution in [-0.2, 0) is 11.2 Å². The third-order valence-electron chi connectivity index (χ3n) is 5.62. The lowest BCUT2D eigenvalue weighted by atomic mass is 10.0. The summed E-state index contributed by atoms with van der Waals surface area (Å²) in [6, 6.07) is 17.2. The third-order valence-corrected chi connectivity index (χ3v) is 5.86. The van der Waals surface area contributed by atoms with Crippen LogP contribution in [0.25, 0.3) is 23.0 Å². The van der Waals surface area contributed by atoms with Crippen molar-refractivity contribution < 1.29 is 9.32 Å². The Morgan fingerprint density at radius 1 is 1.09 bits per heavy atom. The van der Waals surface area contributed by atoms with Gasteiger partial charge in [-0.2, -0.15) is 4.98 Å². The summed E-state index contributed by atoms with van der Waals surface area (Å²) in [5.41, 5.74) is 2.35. The number of piperidine rings is 1. The summed E-state index contributed by atoms with van der Waals surface area (Å²) in [5.74, 6) is 0.968. The Hall–Kier alpha value is -3.52. The van der Waals surface area contributed by atoms with Crippen molar-refractivity contribution in [2.24, 2.45) is 0 Å². The Morgan fingerprint density at radius 2 is 1.91 bits per heavy atom. The molecule has 0 unspecified atom stereocenters. The number of halogens is 1. The van der Waals surface area contributed by atoms with Crippen LogP contribution < -0.4 is 0 Å². The lowest BCUT2D eigenvalue weighted by molar-refractivity contribution is -0.131. The highest BCUT2D eigenvalue weighted by atomic mass is 35.5. The summed E-state index contributed by atoms with van der Waals surface area (Å²) in [7, 11) is 0. The molecule has 4 aromatic rings. The Kier molecular flexibility index (Phi) is 5.68. The van der Waals surface area contributed by atoms with Gasteiger partial charge in [0.1, 0.15) is 0 Å². The first-order valence-electron chi connectivity index (χ1n) is 10.5. The predicted molar refractivity (Wildman–Crippen MR) is 119 cm³/mol. The van der Waals surface area contributed by atoms with E-state index < -0.39 is 0 Å². The van der Waals surface area contributed by atoms with E-state index >= 15 is 0 Å². The first-order chi connectivity index (χ1) is 15.7. The molecule has 0 N–H and O–H groups in total. The quantitative estimate of drug-likeness (QED) is 0.457. The van der Waals surface area contributed by atoms with Crippen molar-refractivity contribution in [3.8, 4) is 23.0 Å². The molecule has 0 saturated carbocycles. The zero-order valence-electron chi connectivity index (χ0n) is 17.3. The van der Waals surface area contributed by atoms with Gasteiger partial charge in [-0.25, -0.2) is 4.68 Å². The number of carbonyl (C=O) groups excluding carboxylic acids is 1. The van der Waals surface area contributed by atoms with Gasteiger partial charge in [-0.15, -0.1) is 5.10 Å². The van der Waals surface area contributed by atoms with E-state index in [1.807, 2.05) is 70.4 Å². The summed E-state index contributed by atoms with van der Waals surface area (Å²) in [6.07, 6.45) is 3.81. The minimum Gasteiger partial charge on any atom is -0.342 e. The predicted octanol–water partition coefficient (Wildman–Crippen LogP) is 4.05. The van der Waals surface area contributed by atoms with Gasteiger partial charge in [-0.05, 0) is 30.5 Å². The number of rotatable bonds is 5. The molecule has 1 fully saturated rings. The molecule has 1 saturated heterocycles. The van der Waals surface area contributed by atoms with Crippen molar-refractivity contribution in [3.05, 3.63) is 71.4 Å². The molecule has 9 heteroatoms. The fourth-order valence-corrected chi connectivity index (χ4v) is 4.11. The SMILES string of the molecule is O=C(Cc1cccc(Cl)c1)N1CCC(n2cc(-c3nc(-c4ccccc4)no3)nn2)CC1. The number of hydrogen-bond donors (Lipinski definition) is 0. The fourth-order valence-electron chi connectivity index (χ4n) is 3.90. The maximum absolute atomic E-state index is 12.7. The van der Waals surface area contributed by atoms with E-state index in [1.165, 1.54) is 0 Å². The smallest absolute Gasteiger partial charge is 0.280 e. The Morgan fingerprint density at radius 3 is 2.69 bits per heavy atom. The number of likely N-dealkylation sites (tertiary alicyclic amines) is 1. The molecular formula is C23H21ClN6O2. The van der Waals surface area contributed by atoms with Gasteiger partial charge in [0.05, 0.1) is 18.7 Å². The zero-order chi connectivity index (χ0) is 21.9. The van der Waals surface area contributed by atoms with E-state index in [-0.39, 0.29) is 11.9 Å². The van der Waals surface area contributed by atoms with Gasteiger partial charge in [0.25, 0.3) is 5.89 Å². The number of benzene rings is 2. The molecule has 0 bridgehead atoms. The van der Waals surface area contributed by atoms with Crippen LogP contribution in [0.5, 0.6) is 0 Å². The van der Waals surface area contributed by atoms with Gasteiger partial charge < -0.3 is 9.42 Å². The van der Waals surface area contributed by atoms with Gasteiger partial charge in [0.15, 0.2) is 5.69 Å². The number of hydrogen-bond acceptors (Lipinski definition) is 6. The van der Waals surface area contributed by atoms with Crippen LogP contribution >= 0.6 is 11.6 Å². The van der Waals surface area contributed by atoms with Crippen LogP contribution in [0.4, 0.5) is 0 Å². The van der Waals surface area contributed by atoms with Crippen molar-refractivity contribution >= 4 is 17.5 Å². The summed E-state index contributed by atoms with van der Waals surface area (Å²) < 4.78 is 7.21. The molecule has 0 radical (unpaired) electrons. The first-order valence-corrected chi connectivity index (χ1v) is 10.9. The van der Waals surface area contributed by atoms with E-state index in [9.17, 15) is 4.79 Å². The summed E-state index contributed by atoms with van der Waals surface area (Å²) in [4.78, 5) is 19.0. The largest absolute Gasteiger partial charge is 0.342 e. The van der Waals surface area contributed by atoms with Crippen LogP contribution in [0.3, 0.4) is 0 Å². The Labute approximate surface area is 189 Å². The van der Waals surface area contributed by atoms with Crippen molar-refractivity contribution in [2.75, 3.05) is 13.1 Å². The molecule has 2 aromatic carbocycles. The fraction of sp³-hybridized carbons (Fsp3) is 0.261. The highest BCUT2D eigenvalue weighted by Crippen LogP contribution is 2.25. The topological polar surface area (TPSA) is 89.9 Å². The second kappa shape index (κ2) is 8.92. The van der Waals surface area contributed by atoms with Crippen molar-refractivity contribution in [1.29, 1.82) is 0 Å². The van der Waals surface area contributed by atoms with Crippen molar-refractivity contribution in [2.45, 2.75) is 25.3 Å². The third kappa shape index (κ3) is 4.40. The lowest BCUT2D eigenvalue weighted by Crippen LogP contribution is -2.40.